The lowest BCUT2D eigenvalue weighted by atomic mass is 10.1. The van der Waals surface area contributed by atoms with Gasteiger partial charge in [-0.3, -0.25) is 9.69 Å². The highest BCUT2D eigenvalue weighted by Crippen LogP contribution is 2.11. The van der Waals surface area contributed by atoms with Gasteiger partial charge in [-0.2, -0.15) is 0 Å². The number of hydrogen-bond acceptors (Lipinski definition) is 4. The first-order valence-electron chi connectivity index (χ1n) is 7.20. The topological polar surface area (TPSA) is 61.0 Å². The predicted molar refractivity (Wildman–Crippen MR) is 79.7 cm³/mol. The van der Waals surface area contributed by atoms with Crippen LogP contribution in [-0.4, -0.2) is 40.5 Å². The van der Waals surface area contributed by atoms with Gasteiger partial charge in [-0.05, 0) is 25.1 Å². The number of para-hydroxylation sites is 2. The van der Waals surface area contributed by atoms with Crippen molar-refractivity contribution < 1.29 is 0 Å². The summed E-state index contributed by atoms with van der Waals surface area (Å²) in [5.41, 5.74) is 2.19. The van der Waals surface area contributed by atoms with Crippen LogP contribution in [0.2, 0.25) is 0 Å². The minimum atomic E-state index is -0.0721. The molecule has 2 aromatic rings. The highest BCUT2D eigenvalue weighted by Gasteiger charge is 2.25. The Kier molecular flexibility index (Phi) is 3.80. The monoisotopic (exact) mass is 272 g/mol. The van der Waals surface area contributed by atoms with E-state index >= 15 is 0 Å². The number of fused-ring (bicyclic) bond motifs is 1. The molecular weight excluding hydrogens is 252 g/mol. The molecule has 0 unspecified atom stereocenters. The number of nitrogens with zero attached hydrogens (tertiary/aromatic N) is 2. The first kappa shape index (κ1) is 13.3. The van der Waals surface area contributed by atoms with Gasteiger partial charge in [0, 0.05) is 25.7 Å². The van der Waals surface area contributed by atoms with Gasteiger partial charge >= 0.3 is 0 Å². The van der Waals surface area contributed by atoms with Crippen molar-refractivity contribution in [3.63, 3.8) is 0 Å². The van der Waals surface area contributed by atoms with Gasteiger partial charge in [0.2, 0.25) is 0 Å². The van der Waals surface area contributed by atoms with E-state index in [4.69, 9.17) is 0 Å². The van der Waals surface area contributed by atoms with Crippen LogP contribution < -0.4 is 10.9 Å². The summed E-state index contributed by atoms with van der Waals surface area (Å²) in [4.78, 5) is 21.9. The molecule has 0 radical (unpaired) electrons. The molecule has 5 heteroatoms. The van der Waals surface area contributed by atoms with Crippen molar-refractivity contribution in [2.24, 2.45) is 0 Å². The third kappa shape index (κ3) is 2.59. The fourth-order valence-corrected chi connectivity index (χ4v) is 2.58. The first-order chi connectivity index (χ1) is 9.78. The number of aromatic nitrogens is 2. The van der Waals surface area contributed by atoms with E-state index in [9.17, 15) is 4.79 Å². The molecule has 0 bridgehead atoms. The smallest absolute Gasteiger partial charge is 0.271 e. The van der Waals surface area contributed by atoms with Gasteiger partial charge in [0.05, 0.1) is 11.0 Å². The maximum absolute atomic E-state index is 12.1. The van der Waals surface area contributed by atoms with Crippen LogP contribution in [0.4, 0.5) is 0 Å². The van der Waals surface area contributed by atoms with Gasteiger partial charge in [0.1, 0.15) is 5.69 Å². The lowest BCUT2D eigenvalue weighted by molar-refractivity contribution is 0.136. The van der Waals surface area contributed by atoms with Crippen molar-refractivity contribution in [1.29, 1.82) is 0 Å². The molecule has 1 saturated heterocycles. The zero-order chi connectivity index (χ0) is 13.9. The highest BCUT2D eigenvalue weighted by atomic mass is 16.1. The van der Waals surface area contributed by atoms with Crippen molar-refractivity contribution in [2.45, 2.75) is 25.9 Å². The van der Waals surface area contributed by atoms with Crippen molar-refractivity contribution >= 4 is 11.0 Å². The highest BCUT2D eigenvalue weighted by molar-refractivity contribution is 5.73. The van der Waals surface area contributed by atoms with Gasteiger partial charge < -0.3 is 10.3 Å². The van der Waals surface area contributed by atoms with E-state index in [0.717, 1.165) is 37.1 Å². The number of H-pyrrole nitrogens is 1. The predicted octanol–water partition coefficient (Wildman–Crippen LogP) is 1.11. The Labute approximate surface area is 118 Å². The Hall–Kier alpha value is -1.72. The summed E-state index contributed by atoms with van der Waals surface area (Å²) in [6.45, 7) is 5.80. The molecule has 2 N–H and O–H groups in total. The van der Waals surface area contributed by atoms with Crippen molar-refractivity contribution in [1.82, 2.24) is 20.2 Å². The number of rotatable bonds is 5. The SMILES string of the molecule is CCCN(Cc1nc2ccccc2[nH]c1=O)C1CNC1. The van der Waals surface area contributed by atoms with Crippen LogP contribution in [0.1, 0.15) is 19.0 Å². The maximum Gasteiger partial charge on any atom is 0.271 e. The Morgan fingerprint density at radius 2 is 2.15 bits per heavy atom. The van der Waals surface area contributed by atoms with E-state index < -0.39 is 0 Å². The van der Waals surface area contributed by atoms with Crippen LogP contribution in [0, 0.1) is 0 Å². The minimum absolute atomic E-state index is 0.0721. The van der Waals surface area contributed by atoms with Crippen LogP contribution in [0.3, 0.4) is 0 Å². The Bertz CT molecular complexity index is 648. The zero-order valence-electron chi connectivity index (χ0n) is 11.7. The second kappa shape index (κ2) is 5.73. The molecular formula is C15H20N4O. The van der Waals surface area contributed by atoms with E-state index in [2.05, 4.69) is 27.1 Å². The Morgan fingerprint density at radius 1 is 1.35 bits per heavy atom. The molecule has 0 saturated carbocycles. The molecule has 5 nitrogen and oxygen atoms in total. The number of aromatic amines is 1. The van der Waals surface area contributed by atoms with Gasteiger partial charge in [0.25, 0.3) is 5.56 Å². The first-order valence-corrected chi connectivity index (χ1v) is 7.20. The molecule has 1 aromatic heterocycles. The average Bonchev–Trinajstić information content (AvgIpc) is 2.38. The standard InChI is InChI=1S/C15H20N4O/c1-2-7-19(11-8-16-9-11)10-14-15(20)18-13-6-4-3-5-12(13)17-14/h3-6,11,16H,2,7-10H2,1H3,(H,18,20). The fraction of sp³-hybridized carbons (Fsp3) is 0.467. The van der Waals surface area contributed by atoms with Crippen molar-refractivity contribution in [2.75, 3.05) is 19.6 Å². The quantitative estimate of drug-likeness (QED) is 0.856. The molecule has 3 rings (SSSR count). The van der Waals surface area contributed by atoms with E-state index in [-0.39, 0.29) is 5.56 Å². The normalized spacial score (nSPS) is 15.7. The van der Waals surface area contributed by atoms with E-state index in [1.807, 2.05) is 24.3 Å². The molecule has 1 aromatic carbocycles. The van der Waals surface area contributed by atoms with Crippen molar-refractivity contribution in [3.8, 4) is 0 Å². The molecule has 1 aliphatic rings. The molecule has 1 aliphatic heterocycles. The van der Waals surface area contributed by atoms with Crippen LogP contribution in [-0.2, 0) is 6.54 Å². The van der Waals surface area contributed by atoms with Gasteiger partial charge in [-0.1, -0.05) is 19.1 Å². The molecule has 106 valence electrons. The summed E-state index contributed by atoms with van der Waals surface area (Å²) in [5, 5.41) is 3.28. The molecule has 0 aliphatic carbocycles. The second-order valence-corrected chi connectivity index (χ2v) is 5.31. The second-order valence-electron chi connectivity index (χ2n) is 5.31. The molecule has 0 atom stereocenters. The van der Waals surface area contributed by atoms with E-state index in [0.29, 0.717) is 18.3 Å². The van der Waals surface area contributed by atoms with Gasteiger partial charge in [-0.15, -0.1) is 0 Å². The third-order valence-corrected chi connectivity index (χ3v) is 3.81. The summed E-state index contributed by atoms with van der Waals surface area (Å²) in [5.74, 6) is 0. The number of hydrogen-bond donors (Lipinski definition) is 2. The lowest BCUT2D eigenvalue weighted by Crippen LogP contribution is -2.57. The molecule has 20 heavy (non-hydrogen) atoms. The lowest BCUT2D eigenvalue weighted by Gasteiger charge is -2.37. The Balaban J connectivity index is 1.88. The van der Waals surface area contributed by atoms with E-state index in [1.165, 1.54) is 0 Å². The summed E-state index contributed by atoms with van der Waals surface area (Å²) in [6.07, 6.45) is 1.09. The van der Waals surface area contributed by atoms with Crippen LogP contribution in [0.25, 0.3) is 11.0 Å². The van der Waals surface area contributed by atoms with Gasteiger partial charge in [-0.25, -0.2) is 4.98 Å². The molecule has 2 heterocycles. The van der Waals surface area contributed by atoms with Crippen LogP contribution in [0.5, 0.6) is 0 Å². The van der Waals surface area contributed by atoms with Gasteiger partial charge in [0.15, 0.2) is 0 Å². The van der Waals surface area contributed by atoms with Crippen LogP contribution >= 0.6 is 0 Å². The molecule has 1 fully saturated rings. The molecule has 0 spiro atoms. The average molecular weight is 272 g/mol. The maximum atomic E-state index is 12.1. The largest absolute Gasteiger partial charge is 0.319 e. The number of nitrogens with one attached hydrogen (secondary N) is 2. The minimum Gasteiger partial charge on any atom is -0.319 e. The Morgan fingerprint density at radius 3 is 2.85 bits per heavy atom. The van der Waals surface area contributed by atoms with Crippen molar-refractivity contribution in [3.05, 3.63) is 40.3 Å². The third-order valence-electron chi connectivity index (χ3n) is 3.81. The summed E-state index contributed by atoms with van der Waals surface area (Å²) in [6, 6.07) is 8.19. The summed E-state index contributed by atoms with van der Waals surface area (Å²) >= 11 is 0. The summed E-state index contributed by atoms with van der Waals surface area (Å²) < 4.78 is 0. The van der Waals surface area contributed by atoms with E-state index in [1.54, 1.807) is 0 Å². The fourth-order valence-electron chi connectivity index (χ4n) is 2.58. The number of benzene rings is 1. The zero-order valence-corrected chi connectivity index (χ0v) is 11.7. The summed E-state index contributed by atoms with van der Waals surface area (Å²) in [7, 11) is 0. The molecule has 0 amide bonds. The van der Waals surface area contributed by atoms with Crippen LogP contribution in [0.15, 0.2) is 29.1 Å².